The zero-order chi connectivity index (χ0) is 15.9. The fourth-order valence-electron chi connectivity index (χ4n) is 2.46. The van der Waals surface area contributed by atoms with Gasteiger partial charge in [0.05, 0.1) is 19.8 Å². The number of benzene rings is 2. The average molecular weight is 299 g/mol. The number of nitrogens with one attached hydrogen (secondary N) is 1. The lowest BCUT2D eigenvalue weighted by Gasteiger charge is -2.20. The number of hydrogen-bond donors (Lipinski definition) is 1. The van der Waals surface area contributed by atoms with Crippen molar-refractivity contribution in [2.24, 2.45) is 0 Å². The first-order valence-electron chi connectivity index (χ1n) is 7.11. The molecule has 0 saturated heterocycles. The van der Waals surface area contributed by atoms with Gasteiger partial charge in [0.2, 0.25) is 6.41 Å². The van der Waals surface area contributed by atoms with Crippen LogP contribution in [0.4, 0.5) is 0 Å². The molecule has 4 nitrogen and oxygen atoms in total. The maximum atomic E-state index is 11.0. The first kappa shape index (κ1) is 16.0. The average Bonchev–Trinajstić information content (AvgIpc) is 2.54. The van der Waals surface area contributed by atoms with E-state index in [0.717, 1.165) is 28.0 Å². The van der Waals surface area contributed by atoms with Crippen LogP contribution in [-0.4, -0.2) is 20.6 Å². The van der Waals surface area contributed by atoms with Gasteiger partial charge in [-0.05, 0) is 29.7 Å². The standard InChI is InChI=1S/C18H21NO3/c1-13-4-9-16(17(10-13)22-3)18(19-12-20)15-7-5-14(6-8-15)11-21-2/h4-10,12,18H,11H2,1-3H3,(H,19,20). The fraction of sp³-hybridized carbons (Fsp3) is 0.278. The number of ether oxygens (including phenoxy) is 2. The van der Waals surface area contributed by atoms with E-state index in [1.165, 1.54) is 0 Å². The maximum Gasteiger partial charge on any atom is 0.207 e. The molecule has 0 saturated carbocycles. The largest absolute Gasteiger partial charge is 0.496 e. The van der Waals surface area contributed by atoms with Crippen molar-refractivity contribution in [3.8, 4) is 5.75 Å². The molecule has 0 aliphatic rings. The molecule has 0 aromatic heterocycles. The molecule has 1 atom stereocenters. The van der Waals surface area contributed by atoms with Crippen LogP contribution in [0.25, 0.3) is 0 Å². The van der Waals surface area contributed by atoms with Crippen LogP contribution in [0.3, 0.4) is 0 Å². The topological polar surface area (TPSA) is 47.6 Å². The van der Waals surface area contributed by atoms with Crippen LogP contribution in [0.15, 0.2) is 42.5 Å². The second-order valence-corrected chi connectivity index (χ2v) is 5.14. The highest BCUT2D eigenvalue weighted by Crippen LogP contribution is 2.30. The summed E-state index contributed by atoms with van der Waals surface area (Å²) in [5, 5.41) is 2.87. The molecule has 0 spiro atoms. The van der Waals surface area contributed by atoms with Gasteiger partial charge in [-0.25, -0.2) is 0 Å². The second kappa shape index (κ2) is 7.61. The Morgan fingerprint density at radius 1 is 1.14 bits per heavy atom. The number of rotatable bonds is 7. The van der Waals surface area contributed by atoms with Crippen LogP contribution in [0.1, 0.15) is 28.3 Å². The van der Waals surface area contributed by atoms with Crippen LogP contribution < -0.4 is 10.1 Å². The molecule has 0 radical (unpaired) electrons. The Labute approximate surface area is 131 Å². The van der Waals surface area contributed by atoms with E-state index in [-0.39, 0.29) is 6.04 Å². The zero-order valence-electron chi connectivity index (χ0n) is 13.1. The summed E-state index contributed by atoms with van der Waals surface area (Å²) in [7, 11) is 3.31. The number of carbonyl (C=O) groups is 1. The summed E-state index contributed by atoms with van der Waals surface area (Å²) in [5.74, 6) is 0.764. The quantitative estimate of drug-likeness (QED) is 0.800. The van der Waals surface area contributed by atoms with Gasteiger partial charge in [-0.1, -0.05) is 36.4 Å². The van der Waals surface area contributed by atoms with Gasteiger partial charge in [-0.15, -0.1) is 0 Å². The molecule has 1 amide bonds. The highest BCUT2D eigenvalue weighted by atomic mass is 16.5. The van der Waals surface area contributed by atoms with E-state index < -0.39 is 0 Å². The van der Waals surface area contributed by atoms with E-state index in [4.69, 9.17) is 9.47 Å². The number of carbonyl (C=O) groups excluding carboxylic acids is 1. The number of amides is 1. The number of methoxy groups -OCH3 is 2. The minimum atomic E-state index is -0.246. The Balaban J connectivity index is 2.39. The van der Waals surface area contributed by atoms with Gasteiger partial charge >= 0.3 is 0 Å². The van der Waals surface area contributed by atoms with Crippen molar-refractivity contribution in [2.45, 2.75) is 19.6 Å². The fourth-order valence-corrected chi connectivity index (χ4v) is 2.46. The van der Waals surface area contributed by atoms with Crippen molar-refractivity contribution >= 4 is 6.41 Å². The predicted octanol–water partition coefficient (Wildman–Crippen LogP) is 2.99. The van der Waals surface area contributed by atoms with Gasteiger partial charge in [0.25, 0.3) is 0 Å². The van der Waals surface area contributed by atoms with Crippen molar-refractivity contribution < 1.29 is 14.3 Å². The van der Waals surface area contributed by atoms with E-state index in [9.17, 15) is 4.79 Å². The third-order valence-electron chi connectivity index (χ3n) is 3.56. The minimum absolute atomic E-state index is 0.246. The highest BCUT2D eigenvalue weighted by molar-refractivity contribution is 5.53. The molecule has 4 heteroatoms. The molecule has 0 aliphatic heterocycles. The van der Waals surface area contributed by atoms with Gasteiger partial charge in [0.15, 0.2) is 0 Å². The Hall–Kier alpha value is -2.33. The molecule has 1 unspecified atom stereocenters. The Morgan fingerprint density at radius 3 is 2.45 bits per heavy atom. The molecule has 2 rings (SSSR count). The van der Waals surface area contributed by atoms with Crippen molar-refractivity contribution in [3.05, 3.63) is 64.7 Å². The molecular formula is C18H21NO3. The molecular weight excluding hydrogens is 278 g/mol. The third-order valence-corrected chi connectivity index (χ3v) is 3.56. The van der Waals surface area contributed by atoms with E-state index in [1.807, 2.05) is 49.4 Å². The summed E-state index contributed by atoms with van der Waals surface area (Å²) in [6.45, 7) is 2.58. The summed E-state index contributed by atoms with van der Waals surface area (Å²) in [6, 6.07) is 13.7. The van der Waals surface area contributed by atoms with Crippen molar-refractivity contribution in [1.82, 2.24) is 5.32 Å². The third kappa shape index (κ3) is 3.65. The Bertz CT molecular complexity index is 623. The molecule has 2 aromatic rings. The zero-order valence-corrected chi connectivity index (χ0v) is 13.1. The Kier molecular flexibility index (Phi) is 5.55. The van der Waals surface area contributed by atoms with E-state index in [0.29, 0.717) is 13.0 Å². The van der Waals surface area contributed by atoms with Crippen LogP contribution in [-0.2, 0) is 16.1 Å². The normalized spacial score (nSPS) is 11.8. The summed E-state index contributed by atoms with van der Waals surface area (Å²) in [5.41, 5.74) is 4.13. The molecule has 0 bridgehead atoms. The van der Waals surface area contributed by atoms with Crippen LogP contribution in [0.2, 0.25) is 0 Å². The van der Waals surface area contributed by atoms with Crippen molar-refractivity contribution in [2.75, 3.05) is 14.2 Å². The van der Waals surface area contributed by atoms with Crippen molar-refractivity contribution in [1.29, 1.82) is 0 Å². The molecule has 1 N–H and O–H groups in total. The lowest BCUT2D eigenvalue weighted by molar-refractivity contribution is -0.110. The van der Waals surface area contributed by atoms with Gasteiger partial charge in [0.1, 0.15) is 5.75 Å². The van der Waals surface area contributed by atoms with Gasteiger partial charge in [-0.3, -0.25) is 4.79 Å². The second-order valence-electron chi connectivity index (χ2n) is 5.14. The summed E-state index contributed by atoms with van der Waals surface area (Å²) in [6.07, 6.45) is 0.715. The smallest absolute Gasteiger partial charge is 0.207 e. The maximum absolute atomic E-state index is 11.0. The van der Waals surface area contributed by atoms with Gasteiger partial charge < -0.3 is 14.8 Å². The van der Waals surface area contributed by atoms with Crippen LogP contribution in [0.5, 0.6) is 5.75 Å². The summed E-state index contributed by atoms with van der Waals surface area (Å²) < 4.78 is 10.6. The van der Waals surface area contributed by atoms with Gasteiger partial charge in [-0.2, -0.15) is 0 Å². The molecule has 116 valence electrons. The first-order valence-corrected chi connectivity index (χ1v) is 7.11. The molecule has 22 heavy (non-hydrogen) atoms. The van der Waals surface area contributed by atoms with E-state index in [2.05, 4.69) is 5.32 Å². The SMILES string of the molecule is COCc1ccc(C(NC=O)c2ccc(C)cc2OC)cc1. The summed E-state index contributed by atoms with van der Waals surface area (Å²) in [4.78, 5) is 11.0. The predicted molar refractivity (Wildman–Crippen MR) is 85.9 cm³/mol. The van der Waals surface area contributed by atoms with Crippen LogP contribution in [0, 0.1) is 6.92 Å². The molecule has 0 heterocycles. The van der Waals surface area contributed by atoms with Crippen LogP contribution >= 0.6 is 0 Å². The Morgan fingerprint density at radius 2 is 1.86 bits per heavy atom. The number of hydrogen-bond acceptors (Lipinski definition) is 3. The highest BCUT2D eigenvalue weighted by Gasteiger charge is 2.17. The van der Waals surface area contributed by atoms with Gasteiger partial charge in [0, 0.05) is 12.7 Å². The molecule has 0 fully saturated rings. The number of aryl methyl sites for hydroxylation is 1. The molecule has 2 aromatic carbocycles. The first-order chi connectivity index (χ1) is 10.7. The molecule has 0 aliphatic carbocycles. The monoisotopic (exact) mass is 299 g/mol. The lowest BCUT2D eigenvalue weighted by atomic mass is 9.96. The van der Waals surface area contributed by atoms with Crippen molar-refractivity contribution in [3.63, 3.8) is 0 Å². The minimum Gasteiger partial charge on any atom is -0.496 e. The summed E-state index contributed by atoms with van der Waals surface area (Å²) >= 11 is 0. The van der Waals surface area contributed by atoms with E-state index >= 15 is 0 Å². The lowest BCUT2D eigenvalue weighted by Crippen LogP contribution is -2.21. The van der Waals surface area contributed by atoms with E-state index in [1.54, 1.807) is 14.2 Å².